The van der Waals surface area contributed by atoms with E-state index < -0.39 is 33.8 Å². The number of hydrogen-bond donors (Lipinski definition) is 1. The summed E-state index contributed by atoms with van der Waals surface area (Å²) in [5.41, 5.74) is -1.67. The molecule has 1 aromatic rings. The summed E-state index contributed by atoms with van der Waals surface area (Å²) in [7, 11) is -1.65. The summed E-state index contributed by atoms with van der Waals surface area (Å²) in [5.74, 6) is -0.656. The largest absolute Gasteiger partial charge is 0.303 e. The summed E-state index contributed by atoms with van der Waals surface area (Å²) in [6.07, 6.45) is 0.172. The minimum Gasteiger partial charge on any atom is -0.303 e. The van der Waals surface area contributed by atoms with Crippen LogP contribution < -0.4 is 4.72 Å². The van der Waals surface area contributed by atoms with E-state index in [-0.39, 0.29) is 12.0 Å². The Hall–Kier alpha value is -0.660. The first kappa shape index (κ1) is 18.4. The van der Waals surface area contributed by atoms with Gasteiger partial charge in [0.1, 0.15) is 18.8 Å². The van der Waals surface area contributed by atoms with E-state index in [1.807, 2.05) is 0 Å². The second kappa shape index (κ2) is 7.07. The summed E-state index contributed by atoms with van der Waals surface area (Å²) in [6.45, 7) is 4.06. The summed E-state index contributed by atoms with van der Waals surface area (Å²) >= 11 is 3.19. The van der Waals surface area contributed by atoms with Crippen molar-refractivity contribution in [3.8, 4) is 0 Å². The maximum Gasteiger partial charge on any atom is 0.128 e. The van der Waals surface area contributed by atoms with Crippen LogP contribution in [-0.4, -0.2) is 21.9 Å². The third-order valence-electron chi connectivity index (χ3n) is 2.95. The topological polar surface area (TPSA) is 46.2 Å². The molecule has 1 N–H and O–H groups in total. The fraction of sp³-hybridized carbons (Fsp3) is 0.500. The van der Waals surface area contributed by atoms with Crippen LogP contribution in [0.2, 0.25) is 0 Å². The highest BCUT2D eigenvalue weighted by atomic mass is 79.9. The van der Waals surface area contributed by atoms with E-state index in [4.69, 9.17) is 0 Å². The van der Waals surface area contributed by atoms with Gasteiger partial charge in [-0.3, -0.25) is 0 Å². The highest BCUT2D eigenvalue weighted by Crippen LogP contribution is 2.31. The van der Waals surface area contributed by atoms with Crippen molar-refractivity contribution < 1.29 is 17.8 Å². The van der Waals surface area contributed by atoms with E-state index in [1.165, 1.54) is 18.2 Å². The van der Waals surface area contributed by atoms with Crippen LogP contribution in [0.3, 0.4) is 0 Å². The molecule has 0 aromatic heterocycles. The summed E-state index contributed by atoms with van der Waals surface area (Å²) in [6, 6.07) is 4.05. The van der Waals surface area contributed by atoms with Crippen LogP contribution in [0.5, 0.6) is 0 Å². The van der Waals surface area contributed by atoms with Crippen molar-refractivity contribution in [2.24, 2.45) is 0 Å². The lowest BCUT2D eigenvalue weighted by Gasteiger charge is -2.33. The van der Waals surface area contributed by atoms with Crippen molar-refractivity contribution in [1.29, 1.82) is 0 Å². The van der Waals surface area contributed by atoms with Gasteiger partial charge in [-0.25, -0.2) is 17.7 Å². The first-order valence-electron chi connectivity index (χ1n) is 6.31. The van der Waals surface area contributed by atoms with E-state index in [2.05, 4.69) is 20.7 Å². The second-order valence-electron chi connectivity index (χ2n) is 5.69. The molecule has 118 valence electrons. The van der Waals surface area contributed by atoms with Crippen molar-refractivity contribution in [3.63, 3.8) is 0 Å². The Morgan fingerprint density at radius 1 is 1.38 bits per heavy atom. The van der Waals surface area contributed by atoms with Crippen LogP contribution in [0, 0.1) is 5.82 Å². The van der Waals surface area contributed by atoms with E-state index in [1.54, 1.807) is 20.8 Å². The molecule has 7 heteroatoms. The highest BCUT2D eigenvalue weighted by Gasteiger charge is 2.38. The molecular weight excluding hydrogens is 364 g/mol. The zero-order valence-corrected chi connectivity index (χ0v) is 14.5. The number of carbonyl (C=O) groups excluding carboxylic acids is 1. The van der Waals surface area contributed by atoms with Gasteiger partial charge in [0.15, 0.2) is 0 Å². The van der Waals surface area contributed by atoms with Crippen LogP contribution in [0.15, 0.2) is 22.7 Å². The average molecular weight is 382 g/mol. The Labute approximate surface area is 134 Å². The normalized spacial score (nSPS) is 16.3. The number of aldehydes is 1. The molecule has 2 atom stereocenters. The maximum absolute atomic E-state index is 14.1. The third-order valence-corrected chi connectivity index (χ3v) is 5.13. The Kier molecular flexibility index (Phi) is 6.19. The zero-order chi connectivity index (χ0) is 16.3. The Morgan fingerprint density at radius 2 is 2.00 bits per heavy atom. The van der Waals surface area contributed by atoms with Gasteiger partial charge in [-0.1, -0.05) is 15.9 Å². The number of benzene rings is 1. The van der Waals surface area contributed by atoms with Gasteiger partial charge in [-0.2, -0.15) is 0 Å². The Bertz CT molecular complexity index is 548. The number of alkyl halides is 1. The molecule has 0 amide bonds. The standard InChI is InChI=1S/C14H18BrF2NO2S/c1-13(2,3)21(20)18-14(9-16,6-7-19)11-8-10(15)4-5-12(11)17/h4-5,7-8,18H,6,9H2,1-3H3/t14-,21?/m1/s1. The first-order chi connectivity index (χ1) is 9.66. The van der Waals surface area contributed by atoms with Crippen molar-refractivity contribution in [3.05, 3.63) is 34.1 Å². The monoisotopic (exact) mass is 381 g/mol. The lowest BCUT2D eigenvalue weighted by molar-refractivity contribution is -0.109. The van der Waals surface area contributed by atoms with Crippen LogP contribution in [0.1, 0.15) is 32.8 Å². The molecule has 3 nitrogen and oxygen atoms in total. The average Bonchev–Trinajstić information content (AvgIpc) is 2.39. The maximum atomic E-state index is 14.1. The highest BCUT2D eigenvalue weighted by molar-refractivity contribution is 9.10. The van der Waals surface area contributed by atoms with Gasteiger partial charge in [0, 0.05) is 16.5 Å². The minimum absolute atomic E-state index is 0.0240. The van der Waals surface area contributed by atoms with Gasteiger partial charge in [-0.15, -0.1) is 0 Å². The fourth-order valence-corrected chi connectivity index (χ4v) is 2.97. The van der Waals surface area contributed by atoms with E-state index >= 15 is 0 Å². The van der Waals surface area contributed by atoms with Crippen LogP contribution in [0.25, 0.3) is 0 Å². The Balaban J connectivity index is 3.35. The molecule has 0 aliphatic carbocycles. The molecular formula is C14H18BrF2NO2S. The Morgan fingerprint density at radius 3 is 2.48 bits per heavy atom. The van der Waals surface area contributed by atoms with Gasteiger partial charge in [0.25, 0.3) is 0 Å². The molecule has 1 aromatic carbocycles. The van der Waals surface area contributed by atoms with Crippen molar-refractivity contribution in [2.75, 3.05) is 6.67 Å². The molecule has 0 radical (unpaired) electrons. The summed E-state index contributed by atoms with van der Waals surface area (Å²) < 4.78 is 42.5. The van der Waals surface area contributed by atoms with Gasteiger partial charge in [-0.05, 0) is 39.0 Å². The number of rotatable bonds is 6. The smallest absolute Gasteiger partial charge is 0.128 e. The van der Waals surface area contributed by atoms with Crippen molar-refractivity contribution in [2.45, 2.75) is 37.5 Å². The SMILES string of the molecule is CC(C)(C)S(=O)N[C@@](CF)(CC=O)c1cc(Br)ccc1F. The quantitative estimate of drug-likeness (QED) is 0.767. The number of nitrogens with one attached hydrogen (secondary N) is 1. The predicted octanol–water partition coefficient (Wildman–Crippen LogP) is 3.39. The van der Waals surface area contributed by atoms with Crippen molar-refractivity contribution >= 4 is 33.2 Å². The first-order valence-corrected chi connectivity index (χ1v) is 8.25. The predicted molar refractivity (Wildman–Crippen MR) is 83.5 cm³/mol. The summed E-state index contributed by atoms with van der Waals surface area (Å²) in [5, 5.41) is 0. The van der Waals surface area contributed by atoms with Crippen LogP contribution in [0.4, 0.5) is 8.78 Å². The lowest BCUT2D eigenvalue weighted by atomic mass is 9.89. The summed E-state index contributed by atoms with van der Waals surface area (Å²) in [4.78, 5) is 10.9. The van der Waals surface area contributed by atoms with Crippen LogP contribution >= 0.6 is 15.9 Å². The zero-order valence-electron chi connectivity index (χ0n) is 12.1. The second-order valence-corrected chi connectivity index (χ2v) is 8.58. The van der Waals surface area contributed by atoms with Crippen molar-refractivity contribution in [1.82, 2.24) is 4.72 Å². The molecule has 1 unspecified atom stereocenters. The van der Waals surface area contributed by atoms with Gasteiger partial charge in [0.2, 0.25) is 0 Å². The molecule has 0 saturated carbocycles. The molecule has 0 fully saturated rings. The van der Waals surface area contributed by atoms with E-state index in [9.17, 15) is 17.8 Å². The van der Waals surface area contributed by atoms with Gasteiger partial charge >= 0.3 is 0 Å². The number of halogens is 3. The number of carbonyl (C=O) groups is 1. The molecule has 0 bridgehead atoms. The molecule has 0 saturated heterocycles. The molecule has 1 rings (SSSR count). The lowest BCUT2D eigenvalue weighted by Crippen LogP contribution is -2.50. The van der Waals surface area contributed by atoms with Gasteiger partial charge in [0.05, 0.1) is 21.3 Å². The van der Waals surface area contributed by atoms with E-state index in [0.717, 1.165) is 0 Å². The van der Waals surface area contributed by atoms with E-state index in [0.29, 0.717) is 10.8 Å². The fourth-order valence-electron chi connectivity index (χ4n) is 1.70. The van der Waals surface area contributed by atoms with Gasteiger partial charge < -0.3 is 4.79 Å². The third kappa shape index (κ3) is 4.40. The molecule has 0 aliphatic rings. The molecule has 21 heavy (non-hydrogen) atoms. The molecule has 0 heterocycles. The number of hydrogen-bond acceptors (Lipinski definition) is 2. The van der Waals surface area contributed by atoms with Crippen LogP contribution in [-0.2, 0) is 21.3 Å². The molecule has 0 spiro atoms. The molecule has 0 aliphatic heterocycles. The minimum atomic E-state index is -1.65.